The van der Waals surface area contributed by atoms with Gasteiger partial charge in [-0.1, -0.05) is 29.8 Å². The summed E-state index contributed by atoms with van der Waals surface area (Å²) in [5.74, 6) is 0. The minimum absolute atomic E-state index is 0.202. The molecule has 1 aliphatic carbocycles. The molecule has 1 saturated carbocycles. The van der Waals surface area contributed by atoms with Crippen LogP contribution in [0.15, 0.2) is 24.3 Å². The topological polar surface area (TPSA) is 35.5 Å². The molecule has 1 aromatic rings. The second-order valence-electron chi connectivity index (χ2n) is 5.98. The predicted molar refractivity (Wildman–Crippen MR) is 79.3 cm³/mol. The molecule has 0 unspecified atom stereocenters. The molecular weight excluding hydrogens is 236 g/mol. The number of likely N-dealkylation sites (N-methyl/N-ethyl adjacent to an activating group) is 1. The van der Waals surface area contributed by atoms with Gasteiger partial charge in [0.05, 0.1) is 6.61 Å². The molecule has 19 heavy (non-hydrogen) atoms. The van der Waals surface area contributed by atoms with Crippen molar-refractivity contribution in [2.24, 2.45) is 0 Å². The summed E-state index contributed by atoms with van der Waals surface area (Å²) < 4.78 is 0. The quantitative estimate of drug-likeness (QED) is 0.787. The van der Waals surface area contributed by atoms with Crippen molar-refractivity contribution in [2.45, 2.75) is 38.3 Å². The molecule has 0 bridgehead atoms. The van der Waals surface area contributed by atoms with Crippen LogP contribution in [0.2, 0.25) is 0 Å². The van der Waals surface area contributed by atoms with Crippen molar-refractivity contribution in [3.05, 3.63) is 35.4 Å². The van der Waals surface area contributed by atoms with Gasteiger partial charge in [-0.25, -0.2) is 0 Å². The Kier molecular flexibility index (Phi) is 4.61. The third kappa shape index (κ3) is 3.78. The summed E-state index contributed by atoms with van der Waals surface area (Å²) in [6, 6.07) is 9.32. The second-order valence-corrected chi connectivity index (χ2v) is 5.98. The Hall–Kier alpha value is -0.900. The van der Waals surface area contributed by atoms with E-state index in [9.17, 15) is 0 Å². The minimum Gasteiger partial charge on any atom is -0.395 e. The van der Waals surface area contributed by atoms with Gasteiger partial charge in [-0.2, -0.15) is 0 Å². The lowest BCUT2D eigenvalue weighted by molar-refractivity contribution is 0.206. The smallest absolute Gasteiger partial charge is 0.0558 e. The summed E-state index contributed by atoms with van der Waals surface area (Å²) >= 11 is 0. The van der Waals surface area contributed by atoms with Gasteiger partial charge in [0.1, 0.15) is 0 Å². The van der Waals surface area contributed by atoms with Gasteiger partial charge in [0.2, 0.25) is 0 Å². The number of aliphatic hydroxyl groups excluding tert-OH is 1. The first-order valence-electron chi connectivity index (χ1n) is 7.20. The summed E-state index contributed by atoms with van der Waals surface area (Å²) in [6.07, 6.45) is 2.45. The third-order valence-corrected chi connectivity index (χ3v) is 3.94. The van der Waals surface area contributed by atoms with Crippen LogP contribution in [0, 0.1) is 6.92 Å². The highest BCUT2D eigenvalue weighted by atomic mass is 16.3. The van der Waals surface area contributed by atoms with Crippen LogP contribution in [0.3, 0.4) is 0 Å². The summed E-state index contributed by atoms with van der Waals surface area (Å²) in [4.78, 5) is 2.17. The molecule has 1 atom stereocenters. The molecule has 3 nitrogen and oxygen atoms in total. The Bertz CT molecular complexity index is 398. The zero-order valence-electron chi connectivity index (χ0n) is 12.3. The molecule has 1 aliphatic rings. The van der Waals surface area contributed by atoms with E-state index in [1.807, 2.05) is 0 Å². The fourth-order valence-electron chi connectivity index (χ4n) is 2.76. The van der Waals surface area contributed by atoms with Crippen LogP contribution >= 0.6 is 0 Å². The first-order chi connectivity index (χ1) is 9.05. The van der Waals surface area contributed by atoms with E-state index in [-0.39, 0.29) is 12.1 Å². The maximum Gasteiger partial charge on any atom is 0.0558 e. The fraction of sp³-hybridized carbons (Fsp3) is 0.625. The maximum atomic E-state index is 8.94. The average molecular weight is 262 g/mol. The lowest BCUT2D eigenvalue weighted by Gasteiger charge is -2.27. The molecule has 2 N–H and O–H groups in total. The summed E-state index contributed by atoms with van der Waals surface area (Å²) in [7, 11) is 2.06. The largest absolute Gasteiger partial charge is 0.395 e. The van der Waals surface area contributed by atoms with Gasteiger partial charge >= 0.3 is 0 Å². The van der Waals surface area contributed by atoms with Crippen molar-refractivity contribution in [1.82, 2.24) is 10.2 Å². The van der Waals surface area contributed by atoms with Crippen LogP contribution in [-0.4, -0.2) is 42.8 Å². The number of hydrogen-bond acceptors (Lipinski definition) is 3. The zero-order valence-corrected chi connectivity index (χ0v) is 12.3. The predicted octanol–water partition coefficient (Wildman–Crippen LogP) is 1.89. The van der Waals surface area contributed by atoms with Crippen LogP contribution in [-0.2, 0) is 5.54 Å². The Labute approximate surface area is 116 Å². The highest BCUT2D eigenvalue weighted by Gasteiger charge is 2.44. The maximum absolute atomic E-state index is 8.94. The van der Waals surface area contributed by atoms with E-state index in [0.29, 0.717) is 6.04 Å². The van der Waals surface area contributed by atoms with Crippen molar-refractivity contribution in [3.63, 3.8) is 0 Å². The van der Waals surface area contributed by atoms with E-state index in [4.69, 9.17) is 5.11 Å². The number of aliphatic hydroxyl groups is 1. The SMILES string of the molecule is Cc1ccc(C2(N[C@@H](C)CN(C)CCO)CC2)cc1. The molecule has 0 heterocycles. The first kappa shape index (κ1) is 14.5. The normalized spacial score (nSPS) is 18.6. The molecule has 0 spiro atoms. The minimum atomic E-state index is 0.202. The van der Waals surface area contributed by atoms with E-state index in [1.54, 1.807) is 0 Å². The van der Waals surface area contributed by atoms with E-state index in [1.165, 1.54) is 24.0 Å². The van der Waals surface area contributed by atoms with Crippen LogP contribution in [0.5, 0.6) is 0 Å². The number of rotatable bonds is 7. The lowest BCUT2D eigenvalue weighted by Crippen LogP contribution is -2.43. The first-order valence-corrected chi connectivity index (χ1v) is 7.20. The highest BCUT2D eigenvalue weighted by Crippen LogP contribution is 2.45. The second kappa shape index (κ2) is 6.04. The number of aryl methyl sites for hydroxylation is 1. The van der Waals surface area contributed by atoms with E-state index >= 15 is 0 Å². The van der Waals surface area contributed by atoms with Crippen LogP contribution in [0.25, 0.3) is 0 Å². The summed E-state index contributed by atoms with van der Waals surface area (Å²) in [6.45, 7) is 6.29. The molecule has 0 saturated heterocycles. The van der Waals surface area contributed by atoms with Gasteiger partial charge in [0.25, 0.3) is 0 Å². The van der Waals surface area contributed by atoms with Gasteiger partial charge in [0, 0.05) is 24.7 Å². The lowest BCUT2D eigenvalue weighted by atomic mass is 10.0. The summed E-state index contributed by atoms with van der Waals surface area (Å²) in [5, 5.41) is 12.7. The molecule has 1 aromatic carbocycles. The van der Waals surface area contributed by atoms with Crippen molar-refractivity contribution in [3.8, 4) is 0 Å². The monoisotopic (exact) mass is 262 g/mol. The molecular formula is C16H26N2O. The van der Waals surface area contributed by atoms with Crippen molar-refractivity contribution in [2.75, 3.05) is 26.7 Å². The molecule has 0 amide bonds. The average Bonchev–Trinajstić information content (AvgIpc) is 3.10. The Morgan fingerprint density at radius 1 is 1.32 bits per heavy atom. The van der Waals surface area contributed by atoms with Gasteiger partial charge < -0.3 is 15.3 Å². The Morgan fingerprint density at radius 3 is 2.47 bits per heavy atom. The molecule has 0 radical (unpaired) electrons. The molecule has 1 fully saturated rings. The van der Waals surface area contributed by atoms with Gasteiger partial charge in [0.15, 0.2) is 0 Å². The number of nitrogens with zero attached hydrogens (tertiary/aromatic N) is 1. The highest BCUT2D eigenvalue weighted by molar-refractivity contribution is 5.32. The molecule has 0 aliphatic heterocycles. The van der Waals surface area contributed by atoms with Crippen molar-refractivity contribution < 1.29 is 5.11 Å². The molecule has 106 valence electrons. The van der Waals surface area contributed by atoms with E-state index < -0.39 is 0 Å². The van der Waals surface area contributed by atoms with Gasteiger partial charge in [-0.3, -0.25) is 0 Å². The molecule has 2 rings (SSSR count). The van der Waals surface area contributed by atoms with Crippen LogP contribution in [0.4, 0.5) is 0 Å². The summed E-state index contributed by atoms with van der Waals surface area (Å²) in [5.41, 5.74) is 2.93. The van der Waals surface area contributed by atoms with E-state index in [0.717, 1.165) is 13.1 Å². The standard InChI is InChI=1S/C16H26N2O/c1-13-4-6-15(7-5-13)16(8-9-16)17-14(2)12-18(3)10-11-19/h4-7,14,17,19H,8-12H2,1-3H3/t14-/m0/s1. The Morgan fingerprint density at radius 2 is 1.95 bits per heavy atom. The molecule has 0 aromatic heterocycles. The Balaban J connectivity index is 1.92. The van der Waals surface area contributed by atoms with Crippen molar-refractivity contribution >= 4 is 0 Å². The number of nitrogens with one attached hydrogen (secondary N) is 1. The fourth-order valence-corrected chi connectivity index (χ4v) is 2.76. The molecule has 3 heteroatoms. The zero-order chi connectivity index (χ0) is 13.9. The number of hydrogen-bond donors (Lipinski definition) is 2. The van der Waals surface area contributed by atoms with Crippen molar-refractivity contribution in [1.29, 1.82) is 0 Å². The van der Waals surface area contributed by atoms with Crippen LogP contribution < -0.4 is 5.32 Å². The van der Waals surface area contributed by atoms with E-state index in [2.05, 4.69) is 55.4 Å². The number of benzene rings is 1. The third-order valence-electron chi connectivity index (χ3n) is 3.94. The van der Waals surface area contributed by atoms with Gasteiger partial charge in [-0.15, -0.1) is 0 Å². The van der Waals surface area contributed by atoms with Crippen LogP contribution in [0.1, 0.15) is 30.9 Å². The van der Waals surface area contributed by atoms with Gasteiger partial charge in [-0.05, 0) is 39.3 Å².